The van der Waals surface area contributed by atoms with E-state index in [0.29, 0.717) is 32.6 Å². The van der Waals surface area contributed by atoms with Crippen molar-refractivity contribution in [3.05, 3.63) is 34.3 Å². The molecule has 1 aromatic carbocycles. The maximum atomic E-state index is 12.8. The van der Waals surface area contributed by atoms with Gasteiger partial charge in [-0.3, -0.25) is 9.59 Å². The van der Waals surface area contributed by atoms with Crippen molar-refractivity contribution in [1.29, 1.82) is 0 Å². The van der Waals surface area contributed by atoms with E-state index in [1.807, 2.05) is 47.9 Å². The van der Waals surface area contributed by atoms with E-state index in [9.17, 15) is 9.59 Å². The highest BCUT2D eigenvalue weighted by Crippen LogP contribution is 2.23. The van der Waals surface area contributed by atoms with Crippen LogP contribution < -0.4 is 0 Å². The van der Waals surface area contributed by atoms with Gasteiger partial charge < -0.3 is 14.5 Å². The lowest BCUT2D eigenvalue weighted by Crippen LogP contribution is -2.51. The summed E-state index contributed by atoms with van der Waals surface area (Å²) in [6.07, 6.45) is 2.12. The predicted octanol–water partition coefficient (Wildman–Crippen LogP) is 2.87. The molecule has 0 saturated carbocycles. The van der Waals surface area contributed by atoms with Crippen LogP contribution >= 0.6 is 15.9 Å². The lowest BCUT2D eigenvalue weighted by Gasteiger charge is -2.39. The Kier molecular flexibility index (Phi) is 6.35. The van der Waals surface area contributed by atoms with Gasteiger partial charge in [0.05, 0.1) is 18.6 Å². The molecule has 2 heterocycles. The van der Waals surface area contributed by atoms with Crippen molar-refractivity contribution in [3.8, 4) is 0 Å². The highest BCUT2D eigenvalue weighted by Gasteiger charge is 2.33. The van der Waals surface area contributed by atoms with Crippen molar-refractivity contribution in [1.82, 2.24) is 9.80 Å². The molecule has 0 N–H and O–H groups in total. The summed E-state index contributed by atoms with van der Waals surface area (Å²) in [7, 11) is 0. The van der Waals surface area contributed by atoms with Crippen molar-refractivity contribution in [2.24, 2.45) is 5.92 Å². The highest BCUT2D eigenvalue weighted by atomic mass is 79.9. The van der Waals surface area contributed by atoms with Crippen LogP contribution in [0.1, 0.15) is 32.3 Å². The monoisotopic (exact) mass is 422 g/mol. The zero-order valence-electron chi connectivity index (χ0n) is 15.5. The van der Waals surface area contributed by atoms with Crippen LogP contribution in [-0.4, -0.2) is 60.0 Å². The third-order valence-electron chi connectivity index (χ3n) is 5.20. The van der Waals surface area contributed by atoms with Crippen molar-refractivity contribution < 1.29 is 14.3 Å². The molecule has 0 bridgehead atoms. The van der Waals surface area contributed by atoms with E-state index in [0.717, 1.165) is 22.9 Å². The summed E-state index contributed by atoms with van der Waals surface area (Å²) in [5, 5.41) is 0. The lowest BCUT2D eigenvalue weighted by molar-refractivity contribution is -0.150. The number of ether oxygens (including phenoxy) is 1. The highest BCUT2D eigenvalue weighted by molar-refractivity contribution is 9.10. The topological polar surface area (TPSA) is 49.9 Å². The number of rotatable bonds is 3. The average Bonchev–Trinajstić information content (AvgIpc) is 2.62. The molecular weight excluding hydrogens is 396 g/mol. The third kappa shape index (κ3) is 4.86. The van der Waals surface area contributed by atoms with Gasteiger partial charge in [-0.25, -0.2) is 0 Å². The number of piperidine rings is 1. The maximum Gasteiger partial charge on any atom is 0.226 e. The molecular formula is C20H27BrN2O3. The number of carbonyl (C=O) groups is 2. The summed E-state index contributed by atoms with van der Waals surface area (Å²) < 4.78 is 6.73. The number of benzene rings is 1. The van der Waals surface area contributed by atoms with Gasteiger partial charge in [0.15, 0.2) is 0 Å². The number of morpholine rings is 1. The lowest BCUT2D eigenvalue weighted by atomic mass is 9.94. The maximum absolute atomic E-state index is 12.8. The molecule has 0 radical (unpaired) electrons. The van der Waals surface area contributed by atoms with Gasteiger partial charge in [0.2, 0.25) is 11.8 Å². The van der Waals surface area contributed by atoms with E-state index in [1.54, 1.807) is 0 Å². The molecule has 2 atom stereocenters. The summed E-state index contributed by atoms with van der Waals surface area (Å²) in [5.74, 6) is 0.406. The largest absolute Gasteiger partial charge is 0.372 e. The van der Waals surface area contributed by atoms with E-state index in [1.165, 1.54) is 0 Å². The fourth-order valence-corrected chi connectivity index (χ4v) is 4.14. The molecule has 2 fully saturated rings. The predicted molar refractivity (Wildman–Crippen MR) is 104 cm³/mol. The third-order valence-corrected chi connectivity index (χ3v) is 5.73. The summed E-state index contributed by atoms with van der Waals surface area (Å²) in [5.41, 5.74) is 1.02. The first-order valence-electron chi connectivity index (χ1n) is 9.39. The Hall–Kier alpha value is -1.40. The summed E-state index contributed by atoms with van der Waals surface area (Å²) in [6, 6.07) is 7.85. The molecule has 0 aromatic heterocycles. The fraction of sp³-hybridized carbons (Fsp3) is 0.600. The molecule has 2 saturated heterocycles. The number of carbonyl (C=O) groups excluding carboxylic acids is 2. The van der Waals surface area contributed by atoms with Gasteiger partial charge in [0.25, 0.3) is 0 Å². The molecule has 3 rings (SSSR count). The first-order chi connectivity index (χ1) is 12.4. The number of hydrogen-bond donors (Lipinski definition) is 0. The average molecular weight is 423 g/mol. The molecule has 0 aliphatic carbocycles. The Morgan fingerprint density at radius 2 is 1.62 bits per heavy atom. The van der Waals surface area contributed by atoms with Crippen molar-refractivity contribution >= 4 is 27.7 Å². The van der Waals surface area contributed by atoms with Gasteiger partial charge in [-0.15, -0.1) is 0 Å². The van der Waals surface area contributed by atoms with Crippen LogP contribution in [0.2, 0.25) is 0 Å². The smallest absolute Gasteiger partial charge is 0.226 e. The van der Waals surface area contributed by atoms with Gasteiger partial charge >= 0.3 is 0 Å². The van der Waals surface area contributed by atoms with Gasteiger partial charge in [-0.05, 0) is 44.4 Å². The van der Waals surface area contributed by atoms with E-state index in [-0.39, 0.29) is 29.9 Å². The second-order valence-corrected chi connectivity index (χ2v) is 8.37. The standard InChI is InChI=1S/C20H27BrN2O3/c1-14-12-23(13-15(2)26-14)20(25)17-7-9-22(10-8-17)19(24)11-16-3-5-18(21)6-4-16/h3-6,14-15,17H,7-13H2,1-2H3/t14-,15-/m0/s1. The summed E-state index contributed by atoms with van der Waals surface area (Å²) >= 11 is 3.41. The van der Waals surface area contributed by atoms with E-state index < -0.39 is 0 Å². The van der Waals surface area contributed by atoms with Gasteiger partial charge in [-0.2, -0.15) is 0 Å². The number of amides is 2. The van der Waals surface area contributed by atoms with Crippen LogP contribution in [0.3, 0.4) is 0 Å². The number of likely N-dealkylation sites (tertiary alicyclic amines) is 1. The quantitative estimate of drug-likeness (QED) is 0.752. The van der Waals surface area contributed by atoms with Gasteiger partial charge in [0, 0.05) is 36.6 Å². The SMILES string of the molecule is C[C@H]1CN(C(=O)C2CCN(C(=O)Cc3ccc(Br)cc3)CC2)C[C@H](C)O1. The van der Waals surface area contributed by atoms with Crippen LogP contribution in [-0.2, 0) is 20.7 Å². The first kappa shape index (κ1) is 19.4. The van der Waals surface area contributed by atoms with Crippen molar-refractivity contribution in [2.75, 3.05) is 26.2 Å². The molecule has 2 aliphatic rings. The Morgan fingerprint density at radius 3 is 2.19 bits per heavy atom. The second-order valence-electron chi connectivity index (χ2n) is 7.46. The van der Waals surface area contributed by atoms with Crippen molar-refractivity contribution in [2.45, 2.75) is 45.3 Å². The first-order valence-corrected chi connectivity index (χ1v) is 10.2. The number of halogens is 1. The fourth-order valence-electron chi connectivity index (χ4n) is 3.88. The molecule has 142 valence electrons. The van der Waals surface area contributed by atoms with E-state index in [2.05, 4.69) is 15.9 Å². The molecule has 0 spiro atoms. The minimum absolute atomic E-state index is 0.0317. The second kappa shape index (κ2) is 8.53. The molecule has 2 amide bonds. The van der Waals surface area contributed by atoms with Crippen LogP contribution in [0.25, 0.3) is 0 Å². The van der Waals surface area contributed by atoms with Crippen LogP contribution in [0, 0.1) is 5.92 Å². The van der Waals surface area contributed by atoms with E-state index in [4.69, 9.17) is 4.74 Å². The normalized spacial score (nSPS) is 24.6. The van der Waals surface area contributed by atoms with Crippen LogP contribution in [0.15, 0.2) is 28.7 Å². The van der Waals surface area contributed by atoms with Gasteiger partial charge in [-0.1, -0.05) is 28.1 Å². The molecule has 5 nitrogen and oxygen atoms in total. The van der Waals surface area contributed by atoms with Crippen LogP contribution in [0.5, 0.6) is 0 Å². The van der Waals surface area contributed by atoms with Crippen LogP contribution in [0.4, 0.5) is 0 Å². The Labute approximate surface area is 163 Å². The Balaban J connectivity index is 1.49. The zero-order valence-corrected chi connectivity index (χ0v) is 17.1. The van der Waals surface area contributed by atoms with Crippen molar-refractivity contribution in [3.63, 3.8) is 0 Å². The Morgan fingerprint density at radius 1 is 1.04 bits per heavy atom. The number of nitrogens with zero attached hydrogens (tertiary/aromatic N) is 2. The molecule has 6 heteroatoms. The molecule has 2 aliphatic heterocycles. The summed E-state index contributed by atoms with van der Waals surface area (Å²) in [4.78, 5) is 29.2. The minimum atomic E-state index is 0.0317. The Bertz CT molecular complexity index is 631. The minimum Gasteiger partial charge on any atom is -0.372 e. The summed E-state index contributed by atoms with van der Waals surface area (Å²) in [6.45, 7) is 6.71. The molecule has 0 unspecified atom stereocenters. The molecule has 26 heavy (non-hydrogen) atoms. The number of hydrogen-bond acceptors (Lipinski definition) is 3. The molecule has 1 aromatic rings. The van der Waals surface area contributed by atoms with E-state index >= 15 is 0 Å². The zero-order chi connectivity index (χ0) is 18.7. The van der Waals surface area contributed by atoms with Gasteiger partial charge in [0.1, 0.15) is 0 Å².